The van der Waals surface area contributed by atoms with E-state index >= 15 is 0 Å². The average Bonchev–Trinajstić information content (AvgIpc) is 2.42. The minimum Gasteiger partial charge on any atom is -0.497 e. The zero-order chi connectivity index (χ0) is 13.7. The lowest BCUT2D eigenvalue weighted by Gasteiger charge is -2.27. The van der Waals surface area contributed by atoms with E-state index in [-0.39, 0.29) is 0 Å². The Morgan fingerprint density at radius 1 is 1.53 bits per heavy atom. The molecule has 2 atom stereocenters. The molecule has 1 heterocycles. The summed E-state index contributed by atoms with van der Waals surface area (Å²) in [6, 6.07) is 6.98. The van der Waals surface area contributed by atoms with Crippen molar-refractivity contribution < 1.29 is 9.47 Å². The lowest BCUT2D eigenvalue weighted by Crippen LogP contribution is -2.43. The minimum atomic E-state index is 0.409. The van der Waals surface area contributed by atoms with Gasteiger partial charge in [0.1, 0.15) is 5.75 Å². The van der Waals surface area contributed by atoms with Crippen LogP contribution in [0.5, 0.6) is 5.75 Å². The van der Waals surface area contributed by atoms with Gasteiger partial charge in [-0.1, -0.05) is 0 Å². The normalized spacial score (nSPS) is 20.9. The molecule has 2 unspecified atom stereocenters. The molecule has 1 aromatic rings. The molecule has 4 nitrogen and oxygen atoms in total. The molecule has 1 aromatic carbocycles. The number of morpholine rings is 1. The predicted octanol–water partition coefficient (Wildman–Crippen LogP) is 2.18. The van der Waals surface area contributed by atoms with Gasteiger partial charge < -0.3 is 20.1 Å². The molecule has 1 saturated heterocycles. The first-order valence-electron chi connectivity index (χ1n) is 6.91. The lowest BCUT2D eigenvalue weighted by molar-refractivity contribution is 0.0731. The third kappa shape index (κ3) is 4.11. The quantitative estimate of drug-likeness (QED) is 0.855. The summed E-state index contributed by atoms with van der Waals surface area (Å²) in [6.45, 7) is 6.90. The average molecular weight is 264 g/mol. The molecule has 0 saturated carbocycles. The number of nitrogens with one attached hydrogen (secondary N) is 2. The van der Waals surface area contributed by atoms with Gasteiger partial charge in [0.05, 0.1) is 20.3 Å². The molecular formula is C15H24N2O2. The van der Waals surface area contributed by atoms with E-state index in [2.05, 4.69) is 36.6 Å². The monoisotopic (exact) mass is 264 g/mol. The Bertz CT molecular complexity index is 403. The molecule has 1 fully saturated rings. The second kappa shape index (κ2) is 6.78. The van der Waals surface area contributed by atoms with E-state index in [1.54, 1.807) is 7.11 Å². The van der Waals surface area contributed by atoms with Crippen LogP contribution < -0.4 is 15.4 Å². The summed E-state index contributed by atoms with van der Waals surface area (Å²) in [5.41, 5.74) is 2.38. The van der Waals surface area contributed by atoms with Crippen LogP contribution in [0.25, 0.3) is 0 Å². The van der Waals surface area contributed by atoms with E-state index in [4.69, 9.17) is 9.47 Å². The molecule has 0 aromatic heterocycles. The van der Waals surface area contributed by atoms with Gasteiger partial charge >= 0.3 is 0 Å². The Kier molecular flexibility index (Phi) is 5.05. The lowest BCUT2D eigenvalue weighted by atomic mass is 10.1. The smallest absolute Gasteiger partial charge is 0.119 e. The largest absolute Gasteiger partial charge is 0.497 e. The van der Waals surface area contributed by atoms with Crippen molar-refractivity contribution in [1.82, 2.24) is 5.32 Å². The Morgan fingerprint density at radius 3 is 3.00 bits per heavy atom. The SMILES string of the molecule is COc1ccc(NC(C)CC2COCCN2)c(C)c1. The molecule has 2 rings (SSSR count). The predicted molar refractivity (Wildman–Crippen MR) is 78.0 cm³/mol. The van der Waals surface area contributed by atoms with Gasteiger partial charge in [-0.25, -0.2) is 0 Å². The van der Waals surface area contributed by atoms with Crippen LogP contribution in [0.3, 0.4) is 0 Å². The molecule has 4 heteroatoms. The summed E-state index contributed by atoms with van der Waals surface area (Å²) in [7, 11) is 1.69. The standard InChI is InChI=1S/C15H24N2O2/c1-11-8-14(18-3)4-5-15(11)17-12(2)9-13-10-19-7-6-16-13/h4-5,8,12-13,16-17H,6-7,9-10H2,1-3H3. The van der Waals surface area contributed by atoms with E-state index in [9.17, 15) is 0 Å². The summed E-state index contributed by atoms with van der Waals surface area (Å²) < 4.78 is 10.7. The number of benzene rings is 1. The molecule has 0 aliphatic carbocycles. The van der Waals surface area contributed by atoms with E-state index in [0.29, 0.717) is 12.1 Å². The first-order valence-corrected chi connectivity index (χ1v) is 6.91. The highest BCUT2D eigenvalue weighted by molar-refractivity contribution is 5.54. The van der Waals surface area contributed by atoms with Crippen molar-refractivity contribution in [1.29, 1.82) is 0 Å². The second-order valence-corrected chi connectivity index (χ2v) is 5.19. The van der Waals surface area contributed by atoms with Crippen LogP contribution in [-0.4, -0.2) is 39.0 Å². The Morgan fingerprint density at radius 2 is 2.37 bits per heavy atom. The van der Waals surface area contributed by atoms with Crippen molar-refractivity contribution in [2.45, 2.75) is 32.4 Å². The molecule has 2 N–H and O–H groups in total. The minimum absolute atomic E-state index is 0.409. The highest BCUT2D eigenvalue weighted by Crippen LogP contribution is 2.22. The number of ether oxygens (including phenoxy) is 2. The van der Waals surface area contributed by atoms with Gasteiger partial charge in [-0.3, -0.25) is 0 Å². The molecular weight excluding hydrogens is 240 g/mol. The van der Waals surface area contributed by atoms with E-state index in [1.807, 2.05) is 6.07 Å². The first-order chi connectivity index (χ1) is 9.19. The Labute approximate surface area is 115 Å². The number of anilines is 1. The Hall–Kier alpha value is -1.26. The van der Waals surface area contributed by atoms with Crippen molar-refractivity contribution in [2.75, 3.05) is 32.2 Å². The van der Waals surface area contributed by atoms with Crippen molar-refractivity contribution in [3.63, 3.8) is 0 Å². The summed E-state index contributed by atoms with van der Waals surface area (Å²) in [6.07, 6.45) is 1.06. The third-order valence-corrected chi connectivity index (χ3v) is 3.47. The van der Waals surface area contributed by atoms with Crippen molar-refractivity contribution >= 4 is 5.69 Å². The van der Waals surface area contributed by atoms with E-state index < -0.39 is 0 Å². The molecule has 19 heavy (non-hydrogen) atoms. The van der Waals surface area contributed by atoms with Gasteiger partial charge in [-0.05, 0) is 44.0 Å². The molecule has 0 bridgehead atoms. The van der Waals surface area contributed by atoms with Crippen LogP contribution in [-0.2, 0) is 4.74 Å². The highest BCUT2D eigenvalue weighted by Gasteiger charge is 2.16. The zero-order valence-corrected chi connectivity index (χ0v) is 12.0. The fraction of sp³-hybridized carbons (Fsp3) is 0.600. The van der Waals surface area contributed by atoms with Crippen LogP contribution in [0, 0.1) is 6.92 Å². The zero-order valence-electron chi connectivity index (χ0n) is 12.0. The van der Waals surface area contributed by atoms with Gasteiger partial charge in [0.2, 0.25) is 0 Å². The maximum absolute atomic E-state index is 5.48. The molecule has 0 spiro atoms. The summed E-state index contributed by atoms with van der Waals surface area (Å²) >= 11 is 0. The van der Waals surface area contributed by atoms with Gasteiger partial charge in [-0.2, -0.15) is 0 Å². The maximum Gasteiger partial charge on any atom is 0.119 e. The molecule has 106 valence electrons. The van der Waals surface area contributed by atoms with Gasteiger partial charge in [0.15, 0.2) is 0 Å². The van der Waals surface area contributed by atoms with Crippen molar-refractivity contribution in [2.24, 2.45) is 0 Å². The highest BCUT2D eigenvalue weighted by atomic mass is 16.5. The fourth-order valence-electron chi connectivity index (χ4n) is 2.45. The third-order valence-electron chi connectivity index (χ3n) is 3.47. The number of rotatable bonds is 5. The number of methoxy groups -OCH3 is 1. The van der Waals surface area contributed by atoms with E-state index in [0.717, 1.165) is 31.9 Å². The number of aryl methyl sites for hydroxylation is 1. The summed E-state index contributed by atoms with van der Waals surface area (Å²) in [5, 5.41) is 7.04. The van der Waals surface area contributed by atoms with Crippen LogP contribution in [0.4, 0.5) is 5.69 Å². The Balaban J connectivity index is 1.88. The fourth-order valence-corrected chi connectivity index (χ4v) is 2.45. The van der Waals surface area contributed by atoms with Crippen LogP contribution in [0.2, 0.25) is 0 Å². The van der Waals surface area contributed by atoms with Crippen molar-refractivity contribution in [3.05, 3.63) is 23.8 Å². The molecule has 0 amide bonds. The number of hydrogen-bond donors (Lipinski definition) is 2. The van der Waals surface area contributed by atoms with Crippen LogP contribution >= 0.6 is 0 Å². The van der Waals surface area contributed by atoms with Crippen LogP contribution in [0.1, 0.15) is 18.9 Å². The molecule has 1 aliphatic rings. The van der Waals surface area contributed by atoms with Crippen molar-refractivity contribution in [3.8, 4) is 5.75 Å². The van der Waals surface area contributed by atoms with Gasteiger partial charge in [0, 0.05) is 24.3 Å². The summed E-state index contributed by atoms with van der Waals surface area (Å²) in [4.78, 5) is 0. The van der Waals surface area contributed by atoms with Crippen LogP contribution in [0.15, 0.2) is 18.2 Å². The second-order valence-electron chi connectivity index (χ2n) is 5.19. The maximum atomic E-state index is 5.48. The van der Waals surface area contributed by atoms with Gasteiger partial charge in [-0.15, -0.1) is 0 Å². The molecule has 1 aliphatic heterocycles. The molecule has 0 radical (unpaired) electrons. The first kappa shape index (κ1) is 14.2. The summed E-state index contributed by atoms with van der Waals surface area (Å²) in [5.74, 6) is 0.901. The number of hydrogen-bond acceptors (Lipinski definition) is 4. The topological polar surface area (TPSA) is 42.5 Å². The van der Waals surface area contributed by atoms with Gasteiger partial charge in [0.25, 0.3) is 0 Å². The van der Waals surface area contributed by atoms with E-state index in [1.165, 1.54) is 11.3 Å².